The summed E-state index contributed by atoms with van der Waals surface area (Å²) in [5.41, 5.74) is 3.49. The summed E-state index contributed by atoms with van der Waals surface area (Å²) in [6, 6.07) is 6.60. The highest BCUT2D eigenvalue weighted by atomic mass is 19.4. The number of pyridine rings is 2. The maximum atomic E-state index is 12.6. The molecule has 0 unspecified atom stereocenters. The van der Waals surface area contributed by atoms with Crippen molar-refractivity contribution < 1.29 is 13.2 Å². The van der Waals surface area contributed by atoms with E-state index in [2.05, 4.69) is 32.5 Å². The second kappa shape index (κ2) is 6.39. The summed E-state index contributed by atoms with van der Waals surface area (Å²) in [4.78, 5) is 10.4. The summed E-state index contributed by atoms with van der Waals surface area (Å²) < 4.78 is 40.2. The van der Waals surface area contributed by atoms with E-state index in [9.17, 15) is 13.2 Å². The molecule has 0 spiro atoms. The molecule has 4 nitrogen and oxygen atoms in total. The highest BCUT2D eigenvalue weighted by Crippen LogP contribution is 2.30. The molecule has 0 fully saturated rings. The Morgan fingerprint density at radius 3 is 2.73 bits per heavy atom. The minimum atomic E-state index is -4.40. The first-order chi connectivity index (χ1) is 12.4. The molecule has 0 aromatic carbocycles. The zero-order valence-corrected chi connectivity index (χ0v) is 14.4. The number of hydrogen-bond acceptors (Lipinski definition) is 3. The molecule has 0 atom stereocenters. The van der Waals surface area contributed by atoms with Gasteiger partial charge in [-0.25, -0.2) is 4.98 Å². The minimum absolute atomic E-state index is 0.619. The molecule has 136 valence electrons. The van der Waals surface area contributed by atoms with Crippen LogP contribution in [0.5, 0.6) is 0 Å². The molecular formula is C19H19F3N4. The molecule has 4 heterocycles. The maximum absolute atomic E-state index is 12.6. The van der Waals surface area contributed by atoms with E-state index in [1.165, 1.54) is 28.9 Å². The second-order valence-electron chi connectivity index (χ2n) is 6.74. The molecule has 1 aliphatic heterocycles. The van der Waals surface area contributed by atoms with E-state index in [1.807, 2.05) is 6.07 Å². The van der Waals surface area contributed by atoms with Crippen LogP contribution in [-0.2, 0) is 32.1 Å². The van der Waals surface area contributed by atoms with Gasteiger partial charge in [0.05, 0.1) is 0 Å². The number of fused-ring (bicyclic) bond motifs is 3. The Labute approximate surface area is 149 Å². The van der Waals surface area contributed by atoms with Gasteiger partial charge in [-0.15, -0.1) is 0 Å². The highest BCUT2D eigenvalue weighted by Gasteiger charge is 2.32. The zero-order chi connectivity index (χ0) is 18.3. The van der Waals surface area contributed by atoms with E-state index in [4.69, 9.17) is 0 Å². The summed E-state index contributed by atoms with van der Waals surface area (Å²) in [5.74, 6) is 0. The summed E-state index contributed by atoms with van der Waals surface area (Å²) in [6.07, 6.45) is 0.279. The first-order valence-corrected chi connectivity index (χ1v) is 8.59. The summed E-state index contributed by atoms with van der Waals surface area (Å²) in [6.45, 7) is 2.57. The lowest BCUT2D eigenvalue weighted by Crippen LogP contribution is -2.27. The predicted octanol–water partition coefficient (Wildman–Crippen LogP) is 3.68. The third kappa shape index (κ3) is 3.07. The Morgan fingerprint density at radius 1 is 1.15 bits per heavy atom. The number of rotatable bonds is 3. The van der Waals surface area contributed by atoms with Crippen LogP contribution in [0.1, 0.15) is 22.5 Å². The van der Waals surface area contributed by atoms with Crippen molar-refractivity contribution in [3.8, 4) is 0 Å². The number of halogens is 3. The van der Waals surface area contributed by atoms with E-state index in [0.717, 1.165) is 36.8 Å². The van der Waals surface area contributed by atoms with Crippen LogP contribution in [0.15, 0.2) is 36.7 Å². The van der Waals surface area contributed by atoms with Crippen LogP contribution in [-0.4, -0.2) is 33.0 Å². The second-order valence-corrected chi connectivity index (χ2v) is 6.74. The Hall–Kier alpha value is -2.41. The van der Waals surface area contributed by atoms with Crippen molar-refractivity contribution in [1.82, 2.24) is 19.4 Å². The molecule has 3 aromatic rings. The number of hydrogen-bond donors (Lipinski definition) is 0. The normalized spacial score (nSPS) is 15.4. The van der Waals surface area contributed by atoms with E-state index >= 15 is 0 Å². The number of alkyl halides is 3. The van der Waals surface area contributed by atoms with Gasteiger partial charge < -0.3 is 9.47 Å². The fourth-order valence-corrected chi connectivity index (χ4v) is 3.62. The molecule has 0 radical (unpaired) electrons. The van der Waals surface area contributed by atoms with Crippen molar-refractivity contribution in [3.05, 3.63) is 59.2 Å². The van der Waals surface area contributed by atoms with Gasteiger partial charge >= 0.3 is 6.18 Å². The van der Waals surface area contributed by atoms with Gasteiger partial charge in [0, 0.05) is 49.5 Å². The van der Waals surface area contributed by atoms with E-state index in [1.54, 1.807) is 6.20 Å². The Morgan fingerprint density at radius 2 is 2.00 bits per heavy atom. The lowest BCUT2D eigenvalue weighted by molar-refractivity contribution is -0.141. The van der Waals surface area contributed by atoms with Crippen molar-refractivity contribution in [1.29, 1.82) is 0 Å². The van der Waals surface area contributed by atoms with E-state index in [0.29, 0.717) is 13.0 Å². The molecule has 0 bridgehead atoms. The lowest BCUT2D eigenvalue weighted by atomic mass is 10.1. The summed E-state index contributed by atoms with van der Waals surface area (Å²) in [5, 5.41) is 1.17. The molecule has 3 aromatic heterocycles. The topological polar surface area (TPSA) is 34.0 Å². The molecule has 26 heavy (non-hydrogen) atoms. The fraction of sp³-hybridized carbons (Fsp3) is 0.368. The first kappa shape index (κ1) is 17.0. The molecule has 4 rings (SSSR count). The Bertz CT molecular complexity index is 928. The predicted molar refractivity (Wildman–Crippen MR) is 92.7 cm³/mol. The van der Waals surface area contributed by atoms with Crippen LogP contribution in [0, 0.1) is 0 Å². The molecular weight excluding hydrogens is 341 g/mol. The van der Waals surface area contributed by atoms with Gasteiger partial charge in [-0.05, 0) is 42.8 Å². The van der Waals surface area contributed by atoms with Crippen molar-refractivity contribution in [3.63, 3.8) is 0 Å². The maximum Gasteiger partial charge on any atom is 0.433 e. The van der Waals surface area contributed by atoms with Crippen molar-refractivity contribution in [2.24, 2.45) is 0 Å². The van der Waals surface area contributed by atoms with Crippen LogP contribution >= 0.6 is 0 Å². The van der Waals surface area contributed by atoms with Crippen LogP contribution in [0.2, 0.25) is 0 Å². The third-order valence-corrected chi connectivity index (χ3v) is 4.94. The molecule has 0 saturated heterocycles. The van der Waals surface area contributed by atoms with Gasteiger partial charge in [-0.1, -0.05) is 6.07 Å². The average Bonchev–Trinajstić information content (AvgIpc) is 2.93. The summed E-state index contributed by atoms with van der Waals surface area (Å²) >= 11 is 0. The lowest BCUT2D eigenvalue weighted by Gasteiger charge is -2.24. The molecule has 0 saturated carbocycles. The van der Waals surface area contributed by atoms with E-state index < -0.39 is 11.9 Å². The number of likely N-dealkylation sites (N-methyl/N-ethyl adjacent to an activating group) is 1. The monoisotopic (exact) mass is 360 g/mol. The van der Waals surface area contributed by atoms with Gasteiger partial charge in [0.1, 0.15) is 11.3 Å². The van der Waals surface area contributed by atoms with Gasteiger partial charge in [-0.2, -0.15) is 13.2 Å². The van der Waals surface area contributed by atoms with Crippen LogP contribution in [0.3, 0.4) is 0 Å². The Balaban J connectivity index is 1.62. The largest absolute Gasteiger partial charge is 0.433 e. The first-order valence-electron chi connectivity index (χ1n) is 8.59. The van der Waals surface area contributed by atoms with Gasteiger partial charge in [0.25, 0.3) is 0 Å². The molecule has 7 heteroatoms. The smallest absolute Gasteiger partial charge is 0.329 e. The summed E-state index contributed by atoms with van der Waals surface area (Å²) in [7, 11) is 2.11. The number of aryl methyl sites for hydroxylation is 2. The number of aromatic nitrogens is 3. The fourth-order valence-electron chi connectivity index (χ4n) is 3.62. The van der Waals surface area contributed by atoms with Crippen molar-refractivity contribution in [2.45, 2.75) is 32.1 Å². The van der Waals surface area contributed by atoms with E-state index in [-0.39, 0.29) is 0 Å². The number of nitrogens with zero attached hydrogens (tertiary/aromatic N) is 4. The standard InChI is InChI=1S/C19H19F3N4/c1-25-9-7-16-15(12-25)14-3-2-8-23-18(14)26(16)10-6-13-4-5-17(24-11-13)19(20,21)22/h2-5,8,11H,6-7,9-10,12H2,1H3. The van der Waals surface area contributed by atoms with Crippen LogP contribution in [0.4, 0.5) is 13.2 Å². The highest BCUT2D eigenvalue weighted by molar-refractivity contribution is 5.82. The SMILES string of the molecule is CN1CCc2c(c3cccnc3n2CCc2ccc(C(F)(F)F)nc2)C1. The van der Waals surface area contributed by atoms with Crippen LogP contribution in [0.25, 0.3) is 11.0 Å². The van der Waals surface area contributed by atoms with Gasteiger partial charge in [0.2, 0.25) is 0 Å². The van der Waals surface area contributed by atoms with Gasteiger partial charge in [0.15, 0.2) is 0 Å². The average molecular weight is 360 g/mol. The van der Waals surface area contributed by atoms with Gasteiger partial charge in [-0.3, -0.25) is 4.98 Å². The molecule has 0 N–H and O–H groups in total. The molecule has 0 aliphatic carbocycles. The Kier molecular flexibility index (Phi) is 4.19. The van der Waals surface area contributed by atoms with Crippen molar-refractivity contribution in [2.75, 3.05) is 13.6 Å². The van der Waals surface area contributed by atoms with Crippen molar-refractivity contribution >= 4 is 11.0 Å². The van der Waals surface area contributed by atoms with Crippen LogP contribution < -0.4 is 0 Å². The quantitative estimate of drug-likeness (QED) is 0.715. The molecule has 1 aliphatic rings. The third-order valence-electron chi connectivity index (χ3n) is 4.94. The molecule has 0 amide bonds. The zero-order valence-electron chi connectivity index (χ0n) is 14.4. The minimum Gasteiger partial charge on any atom is -0.329 e.